The monoisotopic (exact) mass is 271 g/mol. The van der Waals surface area contributed by atoms with Crippen molar-refractivity contribution in [1.29, 1.82) is 0 Å². The van der Waals surface area contributed by atoms with Gasteiger partial charge in [-0.15, -0.1) is 0 Å². The molecule has 5 nitrogen and oxygen atoms in total. The molecule has 20 heavy (non-hydrogen) atoms. The van der Waals surface area contributed by atoms with Crippen molar-refractivity contribution in [3.63, 3.8) is 0 Å². The molecule has 1 heterocycles. The molecular weight excluding hydrogens is 254 g/mol. The van der Waals surface area contributed by atoms with Crippen molar-refractivity contribution in [3.8, 4) is 0 Å². The first kappa shape index (κ1) is 14.0. The van der Waals surface area contributed by atoms with Gasteiger partial charge in [-0.2, -0.15) is 0 Å². The molecule has 5 heteroatoms. The maximum absolute atomic E-state index is 11.2. The summed E-state index contributed by atoms with van der Waals surface area (Å²) in [6.45, 7) is 4.70. The number of hydrogen-bond donors (Lipinski definition) is 0. The predicted octanol–water partition coefficient (Wildman–Crippen LogP) is 3.58. The van der Waals surface area contributed by atoms with Gasteiger partial charge in [0.05, 0.1) is 11.0 Å². The number of benzene rings is 1. The standard InChI is InChI=1S/C15H17N3O2/c1-3-17(12(2)13-7-6-10-16-11-13)14-8-4-5-9-15(14)18(19)20/h4-12H,3H2,1-2H3. The van der Waals surface area contributed by atoms with E-state index in [1.807, 2.05) is 36.9 Å². The summed E-state index contributed by atoms with van der Waals surface area (Å²) in [7, 11) is 0. The van der Waals surface area contributed by atoms with E-state index in [1.165, 1.54) is 6.07 Å². The molecule has 0 radical (unpaired) electrons. The van der Waals surface area contributed by atoms with E-state index < -0.39 is 0 Å². The van der Waals surface area contributed by atoms with Crippen LogP contribution in [0.2, 0.25) is 0 Å². The number of pyridine rings is 1. The van der Waals surface area contributed by atoms with E-state index in [9.17, 15) is 10.1 Å². The van der Waals surface area contributed by atoms with Crippen LogP contribution in [0, 0.1) is 10.1 Å². The molecule has 2 aromatic rings. The van der Waals surface area contributed by atoms with Gasteiger partial charge in [-0.1, -0.05) is 18.2 Å². The van der Waals surface area contributed by atoms with Crippen molar-refractivity contribution >= 4 is 11.4 Å². The van der Waals surface area contributed by atoms with Crippen LogP contribution < -0.4 is 4.90 Å². The van der Waals surface area contributed by atoms with Crippen LogP contribution in [-0.4, -0.2) is 16.5 Å². The van der Waals surface area contributed by atoms with Gasteiger partial charge in [0.25, 0.3) is 5.69 Å². The minimum atomic E-state index is -0.339. The summed E-state index contributed by atoms with van der Waals surface area (Å²) in [6, 6.07) is 10.7. The fourth-order valence-corrected chi connectivity index (χ4v) is 2.32. The molecule has 2 rings (SSSR count). The number of para-hydroxylation sites is 2. The molecular formula is C15H17N3O2. The number of hydrogen-bond acceptors (Lipinski definition) is 4. The lowest BCUT2D eigenvalue weighted by atomic mass is 10.1. The molecule has 0 aliphatic carbocycles. The highest BCUT2D eigenvalue weighted by molar-refractivity contribution is 5.64. The summed E-state index contributed by atoms with van der Waals surface area (Å²) >= 11 is 0. The van der Waals surface area contributed by atoms with Crippen molar-refractivity contribution in [2.75, 3.05) is 11.4 Å². The predicted molar refractivity (Wildman–Crippen MR) is 78.8 cm³/mol. The Hall–Kier alpha value is -2.43. The molecule has 0 aliphatic rings. The van der Waals surface area contributed by atoms with Crippen LogP contribution in [-0.2, 0) is 0 Å². The maximum Gasteiger partial charge on any atom is 0.292 e. The number of nitro groups is 1. The quantitative estimate of drug-likeness (QED) is 0.616. The average molecular weight is 271 g/mol. The number of nitrogens with zero attached hydrogens (tertiary/aromatic N) is 3. The fraction of sp³-hybridized carbons (Fsp3) is 0.267. The van der Waals surface area contributed by atoms with Crippen molar-refractivity contribution in [3.05, 3.63) is 64.5 Å². The molecule has 104 valence electrons. The van der Waals surface area contributed by atoms with E-state index in [0.29, 0.717) is 12.2 Å². The largest absolute Gasteiger partial charge is 0.359 e. The summed E-state index contributed by atoms with van der Waals surface area (Å²) in [4.78, 5) is 17.0. The van der Waals surface area contributed by atoms with Crippen molar-refractivity contribution in [2.24, 2.45) is 0 Å². The average Bonchev–Trinajstić information content (AvgIpc) is 2.49. The molecule has 0 saturated heterocycles. The molecule has 1 aromatic heterocycles. The lowest BCUT2D eigenvalue weighted by Gasteiger charge is -2.29. The first-order valence-electron chi connectivity index (χ1n) is 6.55. The van der Waals surface area contributed by atoms with E-state index in [1.54, 1.807) is 24.5 Å². The second-order valence-electron chi connectivity index (χ2n) is 4.49. The van der Waals surface area contributed by atoms with Crippen LogP contribution >= 0.6 is 0 Å². The summed E-state index contributed by atoms with van der Waals surface area (Å²) in [5, 5.41) is 11.2. The summed E-state index contributed by atoms with van der Waals surface area (Å²) < 4.78 is 0. The van der Waals surface area contributed by atoms with Crippen LogP contribution in [0.4, 0.5) is 11.4 Å². The highest BCUT2D eigenvalue weighted by Gasteiger charge is 2.22. The lowest BCUT2D eigenvalue weighted by Crippen LogP contribution is -2.27. The summed E-state index contributed by atoms with van der Waals surface area (Å²) in [5.41, 5.74) is 1.80. The first-order valence-corrected chi connectivity index (χ1v) is 6.55. The fourth-order valence-electron chi connectivity index (χ4n) is 2.32. The van der Waals surface area contributed by atoms with Gasteiger partial charge in [0.15, 0.2) is 0 Å². The third-order valence-electron chi connectivity index (χ3n) is 3.36. The van der Waals surface area contributed by atoms with Crippen LogP contribution in [0.5, 0.6) is 0 Å². The van der Waals surface area contributed by atoms with Gasteiger partial charge in [0.1, 0.15) is 5.69 Å². The molecule has 0 spiro atoms. The molecule has 0 saturated carbocycles. The normalized spacial score (nSPS) is 11.9. The number of anilines is 1. The Morgan fingerprint density at radius 1 is 1.30 bits per heavy atom. The zero-order valence-electron chi connectivity index (χ0n) is 11.6. The Morgan fingerprint density at radius 2 is 2.05 bits per heavy atom. The minimum Gasteiger partial charge on any atom is -0.359 e. The van der Waals surface area contributed by atoms with Crippen LogP contribution in [0.1, 0.15) is 25.5 Å². The Bertz CT molecular complexity index is 587. The van der Waals surface area contributed by atoms with Crippen molar-refractivity contribution < 1.29 is 4.92 Å². The van der Waals surface area contributed by atoms with E-state index in [-0.39, 0.29) is 16.7 Å². The minimum absolute atomic E-state index is 0.0230. The first-order chi connectivity index (χ1) is 9.65. The molecule has 0 amide bonds. The maximum atomic E-state index is 11.2. The van der Waals surface area contributed by atoms with Crippen LogP contribution in [0.15, 0.2) is 48.8 Å². The Morgan fingerprint density at radius 3 is 2.65 bits per heavy atom. The van der Waals surface area contributed by atoms with E-state index in [4.69, 9.17) is 0 Å². The molecule has 1 aromatic carbocycles. The Labute approximate surface area is 118 Å². The molecule has 1 unspecified atom stereocenters. The molecule has 1 atom stereocenters. The smallest absolute Gasteiger partial charge is 0.292 e. The molecule has 0 aliphatic heterocycles. The van der Waals surface area contributed by atoms with Crippen molar-refractivity contribution in [1.82, 2.24) is 4.98 Å². The van der Waals surface area contributed by atoms with E-state index >= 15 is 0 Å². The van der Waals surface area contributed by atoms with Gasteiger partial charge in [0.2, 0.25) is 0 Å². The van der Waals surface area contributed by atoms with Crippen LogP contribution in [0.3, 0.4) is 0 Å². The highest BCUT2D eigenvalue weighted by atomic mass is 16.6. The van der Waals surface area contributed by atoms with Crippen molar-refractivity contribution in [2.45, 2.75) is 19.9 Å². The second-order valence-corrected chi connectivity index (χ2v) is 4.49. The van der Waals surface area contributed by atoms with Gasteiger partial charge in [0, 0.05) is 25.0 Å². The summed E-state index contributed by atoms with van der Waals surface area (Å²) in [5.74, 6) is 0. The third-order valence-corrected chi connectivity index (χ3v) is 3.36. The van der Waals surface area contributed by atoms with Gasteiger partial charge in [-0.3, -0.25) is 15.1 Å². The Kier molecular flexibility index (Phi) is 4.30. The number of nitro benzene ring substituents is 1. The number of aromatic nitrogens is 1. The van der Waals surface area contributed by atoms with Gasteiger partial charge in [-0.05, 0) is 31.5 Å². The zero-order chi connectivity index (χ0) is 14.5. The van der Waals surface area contributed by atoms with Crippen LogP contribution in [0.25, 0.3) is 0 Å². The number of rotatable bonds is 5. The molecule has 0 bridgehead atoms. The van der Waals surface area contributed by atoms with Gasteiger partial charge in [-0.25, -0.2) is 0 Å². The topological polar surface area (TPSA) is 59.3 Å². The second kappa shape index (κ2) is 6.14. The third kappa shape index (κ3) is 2.77. The van der Waals surface area contributed by atoms with Gasteiger partial charge >= 0.3 is 0 Å². The SMILES string of the molecule is CCN(c1ccccc1[N+](=O)[O-])C(C)c1cccnc1. The van der Waals surface area contributed by atoms with E-state index in [0.717, 1.165) is 5.56 Å². The highest BCUT2D eigenvalue weighted by Crippen LogP contribution is 2.33. The zero-order valence-corrected chi connectivity index (χ0v) is 11.6. The lowest BCUT2D eigenvalue weighted by molar-refractivity contribution is -0.384. The molecule has 0 N–H and O–H groups in total. The van der Waals surface area contributed by atoms with E-state index in [2.05, 4.69) is 4.98 Å². The molecule has 0 fully saturated rings. The summed E-state index contributed by atoms with van der Waals surface area (Å²) in [6.07, 6.45) is 3.51. The van der Waals surface area contributed by atoms with Gasteiger partial charge < -0.3 is 4.90 Å². The Balaban J connectivity index is 2.40.